The van der Waals surface area contributed by atoms with Crippen molar-refractivity contribution in [3.05, 3.63) is 65.2 Å². The van der Waals surface area contributed by atoms with Gasteiger partial charge in [-0.1, -0.05) is 42.5 Å². The predicted octanol–water partition coefficient (Wildman–Crippen LogP) is 3.88. The van der Waals surface area contributed by atoms with Crippen molar-refractivity contribution in [2.75, 3.05) is 5.32 Å². The van der Waals surface area contributed by atoms with Crippen LogP contribution in [-0.4, -0.2) is 0 Å². The van der Waals surface area contributed by atoms with E-state index in [1.807, 2.05) is 0 Å². The second kappa shape index (κ2) is 3.36. The molecule has 1 N–H and O–H groups in total. The molecule has 0 spiro atoms. The van der Waals surface area contributed by atoms with E-state index in [9.17, 15) is 0 Å². The van der Waals surface area contributed by atoms with Crippen molar-refractivity contribution >= 4 is 5.69 Å². The van der Waals surface area contributed by atoms with E-state index < -0.39 is 0 Å². The van der Waals surface area contributed by atoms with Gasteiger partial charge in [0.1, 0.15) is 0 Å². The Hall–Kier alpha value is -1.76. The lowest BCUT2D eigenvalue weighted by molar-refractivity contribution is 0.536. The molecule has 1 aliphatic carbocycles. The van der Waals surface area contributed by atoms with Crippen molar-refractivity contribution in [2.45, 2.75) is 24.8 Å². The summed E-state index contributed by atoms with van der Waals surface area (Å²) in [6.45, 7) is 0. The molecule has 2 aromatic carbocycles. The Morgan fingerprint density at radius 1 is 0.882 bits per heavy atom. The maximum absolute atomic E-state index is 3.69. The van der Waals surface area contributed by atoms with E-state index in [0.29, 0.717) is 12.0 Å². The van der Waals surface area contributed by atoms with Gasteiger partial charge in [-0.25, -0.2) is 0 Å². The van der Waals surface area contributed by atoms with Gasteiger partial charge in [0.15, 0.2) is 0 Å². The van der Waals surface area contributed by atoms with Gasteiger partial charge in [-0.05, 0) is 35.6 Å². The first kappa shape index (κ1) is 9.29. The van der Waals surface area contributed by atoms with Gasteiger partial charge in [0.25, 0.3) is 0 Å². The lowest BCUT2D eigenvalue weighted by atomic mass is 9.79. The first-order chi connectivity index (χ1) is 8.43. The fourth-order valence-electron chi connectivity index (χ4n) is 3.39. The van der Waals surface area contributed by atoms with Crippen LogP contribution >= 0.6 is 0 Å². The molecule has 0 aromatic heterocycles. The number of hydrogen-bond donors (Lipinski definition) is 1. The van der Waals surface area contributed by atoms with Gasteiger partial charge in [-0.3, -0.25) is 0 Å². The predicted molar refractivity (Wildman–Crippen MR) is 70.3 cm³/mol. The zero-order valence-corrected chi connectivity index (χ0v) is 9.69. The summed E-state index contributed by atoms with van der Waals surface area (Å²) in [5, 5.41) is 3.69. The Bertz CT molecular complexity index is 573. The van der Waals surface area contributed by atoms with Crippen molar-refractivity contribution in [1.82, 2.24) is 0 Å². The second-order valence-electron chi connectivity index (χ2n) is 5.05. The molecule has 17 heavy (non-hydrogen) atoms. The van der Waals surface area contributed by atoms with Crippen LogP contribution in [-0.2, 0) is 6.42 Å². The summed E-state index contributed by atoms with van der Waals surface area (Å²) in [5.74, 6) is 0.668. The minimum absolute atomic E-state index is 0.498. The van der Waals surface area contributed by atoms with E-state index in [0.717, 1.165) is 0 Å². The third-order valence-corrected chi connectivity index (χ3v) is 4.19. The molecular weight excluding hydrogens is 206 g/mol. The Kier molecular flexibility index (Phi) is 1.84. The van der Waals surface area contributed by atoms with Crippen LogP contribution in [0, 0.1) is 0 Å². The molecule has 0 fully saturated rings. The van der Waals surface area contributed by atoms with Crippen molar-refractivity contribution < 1.29 is 0 Å². The first-order valence-corrected chi connectivity index (χ1v) is 6.37. The van der Waals surface area contributed by atoms with Crippen molar-refractivity contribution in [3.8, 4) is 0 Å². The maximum atomic E-state index is 3.69. The molecule has 1 heteroatoms. The van der Waals surface area contributed by atoms with Crippen LogP contribution in [0.3, 0.4) is 0 Å². The van der Waals surface area contributed by atoms with Crippen LogP contribution in [0.5, 0.6) is 0 Å². The third kappa shape index (κ3) is 1.25. The van der Waals surface area contributed by atoms with Crippen LogP contribution in [0.2, 0.25) is 0 Å². The van der Waals surface area contributed by atoms with E-state index in [1.54, 1.807) is 0 Å². The first-order valence-electron chi connectivity index (χ1n) is 6.37. The Labute approximate surface area is 101 Å². The molecule has 0 bridgehead atoms. The quantitative estimate of drug-likeness (QED) is 0.711. The summed E-state index contributed by atoms with van der Waals surface area (Å²) in [5.41, 5.74) is 5.86. The van der Waals surface area contributed by atoms with E-state index in [-0.39, 0.29) is 0 Å². The zero-order valence-electron chi connectivity index (χ0n) is 9.69. The summed E-state index contributed by atoms with van der Waals surface area (Å²) in [6, 6.07) is 18.1. The lowest BCUT2D eigenvalue weighted by Crippen LogP contribution is -2.19. The molecule has 0 saturated carbocycles. The minimum atomic E-state index is 0.498. The molecule has 4 rings (SSSR count). The van der Waals surface area contributed by atoms with Crippen LogP contribution < -0.4 is 5.32 Å². The van der Waals surface area contributed by atoms with Crippen molar-refractivity contribution in [1.29, 1.82) is 0 Å². The van der Waals surface area contributed by atoms with Crippen molar-refractivity contribution in [3.63, 3.8) is 0 Å². The minimum Gasteiger partial charge on any atom is -0.377 e. The Morgan fingerprint density at radius 3 is 2.59 bits per heavy atom. The molecule has 1 aliphatic heterocycles. The number of nitrogens with one attached hydrogen (secondary N) is 1. The largest absolute Gasteiger partial charge is 0.377 e. The molecule has 2 atom stereocenters. The van der Waals surface area contributed by atoms with Crippen LogP contribution in [0.4, 0.5) is 5.69 Å². The van der Waals surface area contributed by atoms with E-state index in [1.165, 1.54) is 35.2 Å². The van der Waals surface area contributed by atoms with Crippen LogP contribution in [0.15, 0.2) is 48.5 Å². The smallest absolute Gasteiger partial charge is 0.0586 e. The highest BCUT2D eigenvalue weighted by Gasteiger charge is 2.36. The zero-order chi connectivity index (χ0) is 11.2. The molecular formula is C16H15N. The van der Waals surface area contributed by atoms with E-state index in [4.69, 9.17) is 0 Å². The molecule has 0 radical (unpaired) electrons. The fraction of sp³-hybridized carbons (Fsp3) is 0.250. The van der Waals surface area contributed by atoms with Crippen LogP contribution in [0.1, 0.15) is 35.1 Å². The highest BCUT2D eigenvalue weighted by molar-refractivity contribution is 5.62. The normalized spacial score (nSPS) is 24.5. The van der Waals surface area contributed by atoms with E-state index >= 15 is 0 Å². The number of fused-ring (bicyclic) bond motifs is 5. The summed E-state index contributed by atoms with van der Waals surface area (Å²) < 4.78 is 0. The number of aryl methyl sites for hydroxylation is 1. The summed E-state index contributed by atoms with van der Waals surface area (Å²) in [4.78, 5) is 0. The highest BCUT2D eigenvalue weighted by atomic mass is 15.0. The molecule has 1 nitrogen and oxygen atoms in total. The standard InChI is InChI=1S/C16H15N/c1-2-6-12-11(5-1)9-10-14-13-7-3-4-8-15(13)17-16(12)14/h1-8,14,16-17H,9-10H2. The average molecular weight is 221 g/mol. The fourth-order valence-corrected chi connectivity index (χ4v) is 3.39. The lowest BCUT2D eigenvalue weighted by Gasteiger charge is -2.28. The maximum Gasteiger partial charge on any atom is 0.0586 e. The molecule has 1 heterocycles. The number of para-hydroxylation sites is 1. The Morgan fingerprint density at radius 2 is 1.65 bits per heavy atom. The number of anilines is 1. The summed E-state index contributed by atoms with van der Waals surface area (Å²) in [6.07, 6.45) is 2.49. The van der Waals surface area contributed by atoms with Gasteiger partial charge >= 0.3 is 0 Å². The topological polar surface area (TPSA) is 12.0 Å². The Balaban J connectivity index is 1.85. The average Bonchev–Trinajstić information content (AvgIpc) is 2.78. The van der Waals surface area contributed by atoms with Gasteiger partial charge in [-0.15, -0.1) is 0 Å². The van der Waals surface area contributed by atoms with Gasteiger partial charge in [0, 0.05) is 11.6 Å². The molecule has 0 saturated heterocycles. The number of hydrogen-bond acceptors (Lipinski definition) is 1. The molecule has 2 unspecified atom stereocenters. The second-order valence-corrected chi connectivity index (χ2v) is 5.05. The number of benzene rings is 2. The molecule has 2 aliphatic rings. The number of rotatable bonds is 0. The summed E-state index contributed by atoms with van der Waals surface area (Å²) in [7, 11) is 0. The van der Waals surface area contributed by atoms with Crippen molar-refractivity contribution in [2.24, 2.45) is 0 Å². The van der Waals surface area contributed by atoms with E-state index in [2.05, 4.69) is 53.8 Å². The van der Waals surface area contributed by atoms with Gasteiger partial charge in [-0.2, -0.15) is 0 Å². The molecule has 2 aromatic rings. The molecule has 0 amide bonds. The third-order valence-electron chi connectivity index (χ3n) is 4.19. The van der Waals surface area contributed by atoms with Gasteiger partial charge in [0.2, 0.25) is 0 Å². The molecule has 84 valence electrons. The van der Waals surface area contributed by atoms with Gasteiger partial charge in [0.05, 0.1) is 6.04 Å². The van der Waals surface area contributed by atoms with Gasteiger partial charge < -0.3 is 5.32 Å². The highest BCUT2D eigenvalue weighted by Crippen LogP contribution is 2.49. The SMILES string of the molecule is c1ccc2c(c1)CCC1c3ccccc3NC21. The van der Waals surface area contributed by atoms with Crippen LogP contribution in [0.25, 0.3) is 0 Å². The monoisotopic (exact) mass is 221 g/mol. The summed E-state index contributed by atoms with van der Waals surface area (Å²) >= 11 is 0.